The molecule has 2 aromatic heterocycles. The summed E-state index contributed by atoms with van der Waals surface area (Å²) in [6, 6.07) is 27.3. The lowest BCUT2D eigenvalue weighted by atomic mass is 9.97. The number of thioether (sulfide) groups is 1. The van der Waals surface area contributed by atoms with Crippen molar-refractivity contribution >= 4 is 34.3 Å². The molecular weight excluding hydrogens is 470 g/mol. The van der Waals surface area contributed by atoms with Crippen LogP contribution in [0.5, 0.6) is 0 Å². The molecule has 0 atom stereocenters. The van der Waals surface area contributed by atoms with Crippen molar-refractivity contribution in [3.05, 3.63) is 106 Å². The number of aryl methyl sites for hydroxylation is 1. The first-order chi connectivity index (χ1) is 17.6. The Balaban J connectivity index is 1.47. The van der Waals surface area contributed by atoms with E-state index >= 15 is 0 Å². The van der Waals surface area contributed by atoms with Gasteiger partial charge in [-0.2, -0.15) is 0 Å². The molecule has 5 rings (SSSR count). The number of nitrogens with zero attached hydrogens (tertiary/aromatic N) is 5. The summed E-state index contributed by atoms with van der Waals surface area (Å²) in [4.78, 5) is 28.3. The summed E-state index contributed by atoms with van der Waals surface area (Å²) >= 11 is 1.33. The Hall–Kier alpha value is -3.91. The number of carbonyl (C=O) groups is 1. The number of amides is 1. The number of hydrogen-bond donors (Lipinski definition) is 0. The molecule has 0 radical (unpaired) electrons. The number of hydrogen-bond acceptors (Lipinski definition) is 5. The van der Waals surface area contributed by atoms with Crippen LogP contribution >= 0.6 is 11.8 Å². The zero-order chi connectivity index (χ0) is 25.1. The number of benzene rings is 3. The maximum Gasteiger partial charge on any atom is 0.262 e. The minimum absolute atomic E-state index is 0.0272. The minimum Gasteiger partial charge on any atom is -0.334 e. The van der Waals surface area contributed by atoms with Crippen molar-refractivity contribution in [3.8, 4) is 0 Å². The summed E-state index contributed by atoms with van der Waals surface area (Å²) in [5, 5.41) is 9.89. The zero-order valence-corrected chi connectivity index (χ0v) is 21.1. The van der Waals surface area contributed by atoms with Gasteiger partial charge >= 0.3 is 0 Å². The fourth-order valence-corrected chi connectivity index (χ4v) is 5.40. The third-order valence-corrected chi connectivity index (χ3v) is 7.18. The van der Waals surface area contributed by atoms with Gasteiger partial charge in [0, 0.05) is 13.6 Å². The monoisotopic (exact) mass is 497 g/mol. The molecule has 2 heterocycles. The first kappa shape index (κ1) is 23.8. The lowest BCUT2D eigenvalue weighted by Crippen LogP contribution is -2.33. The van der Waals surface area contributed by atoms with Crippen LogP contribution in [0, 0.1) is 0 Å². The zero-order valence-electron chi connectivity index (χ0n) is 20.2. The van der Waals surface area contributed by atoms with E-state index in [0.29, 0.717) is 22.9 Å². The third-order valence-electron chi connectivity index (χ3n) is 6.26. The molecule has 0 N–H and O–H groups in total. The lowest BCUT2D eigenvalue weighted by molar-refractivity contribution is -0.128. The maximum atomic E-state index is 13.4. The molecule has 5 aromatic rings. The standard InChI is InChI=1S/C28H27N5O2S/c1-3-18-32-26(35)22-16-10-11-17-23(22)33-27(32)29-30-28(33)36-19-24(34)31(2)25(20-12-6-4-7-13-20)21-14-8-5-9-15-21/h4-17,25H,3,18-19H2,1-2H3. The first-order valence-corrected chi connectivity index (χ1v) is 12.9. The average molecular weight is 498 g/mol. The fourth-order valence-electron chi connectivity index (χ4n) is 4.53. The molecule has 7 nitrogen and oxygen atoms in total. The van der Waals surface area contributed by atoms with Crippen LogP contribution in [0.25, 0.3) is 16.7 Å². The second-order valence-electron chi connectivity index (χ2n) is 8.61. The third kappa shape index (κ3) is 4.40. The molecule has 1 amide bonds. The van der Waals surface area contributed by atoms with Gasteiger partial charge in [-0.1, -0.05) is 91.5 Å². The molecule has 0 aliphatic heterocycles. The molecule has 3 aromatic carbocycles. The van der Waals surface area contributed by atoms with Gasteiger partial charge < -0.3 is 4.90 Å². The number of aromatic nitrogens is 4. The van der Waals surface area contributed by atoms with Gasteiger partial charge in [-0.05, 0) is 29.7 Å². The molecule has 0 saturated carbocycles. The molecule has 0 aliphatic carbocycles. The largest absolute Gasteiger partial charge is 0.334 e. The SMILES string of the molecule is CCCn1c(=O)c2ccccc2n2c(SCC(=O)N(C)C(c3ccccc3)c3ccccc3)nnc12. The van der Waals surface area contributed by atoms with Gasteiger partial charge in [-0.25, -0.2) is 0 Å². The number of carbonyl (C=O) groups excluding carboxylic acids is 1. The molecule has 0 aliphatic rings. The summed E-state index contributed by atoms with van der Waals surface area (Å²) in [5.41, 5.74) is 2.76. The van der Waals surface area contributed by atoms with Crippen LogP contribution in [0.4, 0.5) is 0 Å². The van der Waals surface area contributed by atoms with E-state index in [1.54, 1.807) is 9.47 Å². The molecule has 0 fully saturated rings. The van der Waals surface area contributed by atoms with Crippen molar-refractivity contribution in [3.63, 3.8) is 0 Å². The van der Waals surface area contributed by atoms with Crippen molar-refractivity contribution in [1.82, 2.24) is 24.1 Å². The van der Waals surface area contributed by atoms with Gasteiger partial charge in [0.2, 0.25) is 11.7 Å². The predicted octanol–water partition coefficient (Wildman–Crippen LogP) is 4.79. The highest BCUT2D eigenvalue weighted by Crippen LogP contribution is 2.29. The lowest BCUT2D eigenvalue weighted by Gasteiger charge is -2.29. The van der Waals surface area contributed by atoms with E-state index in [4.69, 9.17) is 0 Å². The topological polar surface area (TPSA) is 72.5 Å². The Morgan fingerprint density at radius 1 is 0.917 bits per heavy atom. The van der Waals surface area contributed by atoms with Crippen molar-refractivity contribution in [2.24, 2.45) is 0 Å². The van der Waals surface area contributed by atoms with Crippen LogP contribution in [0.1, 0.15) is 30.5 Å². The van der Waals surface area contributed by atoms with Gasteiger partial charge in [0.25, 0.3) is 5.56 Å². The molecule has 8 heteroatoms. The molecule has 36 heavy (non-hydrogen) atoms. The summed E-state index contributed by atoms with van der Waals surface area (Å²) in [6.45, 7) is 2.57. The number of para-hydroxylation sites is 1. The Labute approximate surface area is 213 Å². The van der Waals surface area contributed by atoms with Crippen molar-refractivity contribution in [1.29, 1.82) is 0 Å². The van der Waals surface area contributed by atoms with Gasteiger partial charge in [-0.15, -0.1) is 10.2 Å². The van der Waals surface area contributed by atoms with E-state index in [9.17, 15) is 9.59 Å². The predicted molar refractivity (Wildman–Crippen MR) is 143 cm³/mol. The molecule has 182 valence electrons. The van der Waals surface area contributed by atoms with E-state index in [0.717, 1.165) is 23.1 Å². The van der Waals surface area contributed by atoms with Gasteiger partial charge in [0.1, 0.15) is 0 Å². The van der Waals surface area contributed by atoms with Crippen molar-refractivity contribution in [2.45, 2.75) is 31.1 Å². The quantitative estimate of drug-likeness (QED) is 0.288. The Bertz CT molecular complexity index is 1520. The Kier molecular flexibility index (Phi) is 6.86. The number of rotatable bonds is 8. The van der Waals surface area contributed by atoms with E-state index in [1.807, 2.05) is 103 Å². The van der Waals surface area contributed by atoms with Crippen LogP contribution in [-0.4, -0.2) is 42.8 Å². The van der Waals surface area contributed by atoms with Crippen LogP contribution in [0.2, 0.25) is 0 Å². The summed E-state index contributed by atoms with van der Waals surface area (Å²) in [5.74, 6) is 0.658. The second-order valence-corrected chi connectivity index (χ2v) is 9.55. The molecule has 0 bridgehead atoms. The summed E-state index contributed by atoms with van der Waals surface area (Å²) in [7, 11) is 1.84. The minimum atomic E-state index is -0.203. The van der Waals surface area contributed by atoms with Crippen LogP contribution in [0.3, 0.4) is 0 Å². The highest BCUT2D eigenvalue weighted by molar-refractivity contribution is 7.99. The van der Waals surface area contributed by atoms with Gasteiger partial charge in [0.05, 0.1) is 22.7 Å². The highest BCUT2D eigenvalue weighted by atomic mass is 32.2. The van der Waals surface area contributed by atoms with Crippen molar-refractivity contribution in [2.75, 3.05) is 12.8 Å². The smallest absolute Gasteiger partial charge is 0.262 e. The van der Waals surface area contributed by atoms with Crippen LogP contribution < -0.4 is 5.56 Å². The summed E-state index contributed by atoms with van der Waals surface area (Å²) in [6.07, 6.45) is 0.798. The molecule has 0 unspecified atom stereocenters. The van der Waals surface area contributed by atoms with E-state index in [-0.39, 0.29) is 23.3 Å². The summed E-state index contributed by atoms with van der Waals surface area (Å²) < 4.78 is 3.55. The Morgan fingerprint density at radius 3 is 2.17 bits per heavy atom. The van der Waals surface area contributed by atoms with Crippen molar-refractivity contribution < 1.29 is 4.79 Å². The van der Waals surface area contributed by atoms with E-state index < -0.39 is 0 Å². The van der Waals surface area contributed by atoms with Gasteiger partial charge in [0.15, 0.2) is 5.16 Å². The maximum absolute atomic E-state index is 13.4. The highest BCUT2D eigenvalue weighted by Gasteiger charge is 2.24. The van der Waals surface area contributed by atoms with Gasteiger partial charge in [-0.3, -0.25) is 18.6 Å². The molecule has 0 saturated heterocycles. The number of fused-ring (bicyclic) bond motifs is 3. The van der Waals surface area contributed by atoms with Crippen LogP contribution in [-0.2, 0) is 11.3 Å². The van der Waals surface area contributed by atoms with Crippen LogP contribution in [0.15, 0.2) is 94.9 Å². The first-order valence-electron chi connectivity index (χ1n) is 11.9. The van der Waals surface area contributed by atoms with E-state index in [2.05, 4.69) is 10.2 Å². The second kappa shape index (κ2) is 10.4. The fraction of sp³-hybridized carbons (Fsp3) is 0.214. The average Bonchev–Trinajstić information content (AvgIpc) is 3.35. The molecule has 0 spiro atoms. The Morgan fingerprint density at radius 2 is 1.53 bits per heavy atom. The van der Waals surface area contributed by atoms with E-state index in [1.165, 1.54) is 11.8 Å². The molecular formula is C28H27N5O2S. The normalized spacial score (nSPS) is 11.4.